The van der Waals surface area contributed by atoms with Gasteiger partial charge in [0.05, 0.1) is 5.25 Å². The van der Waals surface area contributed by atoms with E-state index in [1.54, 1.807) is 6.07 Å². The standard InChI is InChI=1S/C12H19NO2S2/c1-2-13-10-5-3-6-11(9-10)17(14,15)12-7-4-8-16-12/h4,7-8,10-11,13H,2-3,5-6,9H2,1H3. The highest BCUT2D eigenvalue weighted by Crippen LogP contribution is 2.30. The highest BCUT2D eigenvalue weighted by atomic mass is 32.2. The fourth-order valence-electron chi connectivity index (χ4n) is 2.49. The fraction of sp³-hybridized carbons (Fsp3) is 0.667. The normalized spacial score (nSPS) is 25.9. The highest BCUT2D eigenvalue weighted by Gasteiger charge is 2.33. The van der Waals surface area contributed by atoms with Gasteiger partial charge in [0.1, 0.15) is 4.21 Å². The minimum atomic E-state index is -3.09. The topological polar surface area (TPSA) is 46.2 Å². The van der Waals surface area contributed by atoms with Crippen LogP contribution < -0.4 is 5.32 Å². The van der Waals surface area contributed by atoms with E-state index in [0.29, 0.717) is 10.3 Å². The molecule has 0 aromatic carbocycles. The van der Waals surface area contributed by atoms with Crippen molar-refractivity contribution in [2.45, 2.75) is 48.1 Å². The minimum absolute atomic E-state index is 0.195. The second-order valence-corrected chi connectivity index (χ2v) is 7.92. The summed E-state index contributed by atoms with van der Waals surface area (Å²) in [5, 5.41) is 5.01. The van der Waals surface area contributed by atoms with Crippen LogP contribution in [0.5, 0.6) is 0 Å². The third kappa shape index (κ3) is 2.89. The van der Waals surface area contributed by atoms with E-state index >= 15 is 0 Å². The Kier molecular flexibility index (Phi) is 4.22. The van der Waals surface area contributed by atoms with Crippen LogP contribution in [0.1, 0.15) is 32.6 Å². The van der Waals surface area contributed by atoms with Crippen molar-refractivity contribution in [3.05, 3.63) is 17.5 Å². The summed E-state index contributed by atoms with van der Waals surface area (Å²) in [6, 6.07) is 3.90. The van der Waals surface area contributed by atoms with Gasteiger partial charge < -0.3 is 5.32 Å². The predicted octanol–water partition coefficient (Wildman–Crippen LogP) is 2.44. The van der Waals surface area contributed by atoms with Crippen molar-refractivity contribution in [3.8, 4) is 0 Å². The molecule has 0 saturated heterocycles. The van der Waals surface area contributed by atoms with E-state index in [9.17, 15) is 8.42 Å². The summed E-state index contributed by atoms with van der Waals surface area (Å²) in [6.07, 6.45) is 3.67. The molecule has 0 amide bonds. The van der Waals surface area contributed by atoms with Gasteiger partial charge in [0.15, 0.2) is 9.84 Å². The Morgan fingerprint density at radius 1 is 1.47 bits per heavy atom. The Morgan fingerprint density at radius 2 is 2.29 bits per heavy atom. The molecule has 1 aromatic heterocycles. The molecule has 1 saturated carbocycles. The summed E-state index contributed by atoms with van der Waals surface area (Å²) < 4.78 is 25.3. The molecule has 1 N–H and O–H groups in total. The lowest BCUT2D eigenvalue weighted by atomic mass is 9.95. The maximum Gasteiger partial charge on any atom is 0.190 e. The highest BCUT2D eigenvalue weighted by molar-refractivity contribution is 7.94. The van der Waals surface area contributed by atoms with Crippen LogP contribution in [0.4, 0.5) is 0 Å². The van der Waals surface area contributed by atoms with Gasteiger partial charge in [0, 0.05) is 6.04 Å². The average Bonchev–Trinajstić information content (AvgIpc) is 2.84. The molecule has 5 heteroatoms. The lowest BCUT2D eigenvalue weighted by Crippen LogP contribution is -2.38. The summed E-state index contributed by atoms with van der Waals surface area (Å²) in [6.45, 7) is 2.98. The zero-order valence-electron chi connectivity index (χ0n) is 10.1. The molecule has 1 aliphatic carbocycles. The van der Waals surface area contributed by atoms with Gasteiger partial charge >= 0.3 is 0 Å². The van der Waals surface area contributed by atoms with E-state index < -0.39 is 9.84 Å². The van der Waals surface area contributed by atoms with Crippen molar-refractivity contribution >= 4 is 21.2 Å². The van der Waals surface area contributed by atoms with E-state index in [1.807, 2.05) is 11.4 Å². The molecule has 2 unspecified atom stereocenters. The predicted molar refractivity (Wildman–Crippen MR) is 71.2 cm³/mol. The van der Waals surface area contributed by atoms with Crippen LogP contribution in [0.25, 0.3) is 0 Å². The lowest BCUT2D eigenvalue weighted by Gasteiger charge is -2.29. The lowest BCUT2D eigenvalue weighted by molar-refractivity contribution is 0.378. The fourth-order valence-corrected chi connectivity index (χ4v) is 5.61. The van der Waals surface area contributed by atoms with Crippen LogP contribution in [-0.2, 0) is 9.84 Å². The SMILES string of the molecule is CCNC1CCCC(S(=O)(=O)c2cccs2)C1. The first-order chi connectivity index (χ1) is 8.14. The summed E-state index contributed by atoms with van der Waals surface area (Å²) >= 11 is 1.33. The molecule has 0 aliphatic heterocycles. The van der Waals surface area contributed by atoms with Gasteiger partial charge in [-0.3, -0.25) is 0 Å². The van der Waals surface area contributed by atoms with E-state index in [4.69, 9.17) is 0 Å². The molecule has 2 rings (SSSR count). The smallest absolute Gasteiger partial charge is 0.190 e. The van der Waals surface area contributed by atoms with Crippen LogP contribution in [0.3, 0.4) is 0 Å². The molecule has 1 aromatic rings. The Morgan fingerprint density at radius 3 is 2.94 bits per heavy atom. The first-order valence-electron chi connectivity index (χ1n) is 6.15. The van der Waals surface area contributed by atoms with Crippen LogP contribution >= 0.6 is 11.3 Å². The second kappa shape index (κ2) is 5.50. The van der Waals surface area contributed by atoms with Gasteiger partial charge in [-0.05, 0) is 37.3 Å². The first-order valence-corrected chi connectivity index (χ1v) is 8.58. The number of rotatable bonds is 4. The first kappa shape index (κ1) is 13.1. The Labute approximate surface area is 107 Å². The molecular weight excluding hydrogens is 254 g/mol. The maximum atomic E-state index is 12.4. The number of hydrogen-bond donors (Lipinski definition) is 1. The summed E-state index contributed by atoms with van der Waals surface area (Å²) in [4.78, 5) is 0. The average molecular weight is 273 g/mol. The number of sulfone groups is 1. The van der Waals surface area contributed by atoms with Crippen molar-refractivity contribution in [3.63, 3.8) is 0 Å². The number of nitrogens with one attached hydrogen (secondary N) is 1. The van der Waals surface area contributed by atoms with Crippen molar-refractivity contribution in [1.82, 2.24) is 5.32 Å². The zero-order chi connectivity index (χ0) is 12.3. The van der Waals surface area contributed by atoms with Gasteiger partial charge in [-0.25, -0.2) is 8.42 Å². The van der Waals surface area contributed by atoms with Crippen molar-refractivity contribution in [2.75, 3.05) is 6.54 Å². The molecule has 1 aliphatic rings. The van der Waals surface area contributed by atoms with Gasteiger partial charge in [0.2, 0.25) is 0 Å². The van der Waals surface area contributed by atoms with E-state index in [1.165, 1.54) is 11.3 Å². The van der Waals surface area contributed by atoms with Crippen LogP contribution in [0, 0.1) is 0 Å². The van der Waals surface area contributed by atoms with E-state index in [0.717, 1.165) is 32.2 Å². The van der Waals surface area contributed by atoms with E-state index in [-0.39, 0.29) is 5.25 Å². The van der Waals surface area contributed by atoms with Crippen molar-refractivity contribution < 1.29 is 8.42 Å². The summed E-state index contributed by atoms with van der Waals surface area (Å²) in [5.74, 6) is 0. The number of hydrogen-bond acceptors (Lipinski definition) is 4. The van der Waals surface area contributed by atoms with Crippen LogP contribution in [0.15, 0.2) is 21.7 Å². The molecule has 1 heterocycles. The molecule has 0 bridgehead atoms. The van der Waals surface area contributed by atoms with Crippen LogP contribution in [0.2, 0.25) is 0 Å². The maximum absolute atomic E-state index is 12.4. The summed E-state index contributed by atoms with van der Waals surface area (Å²) in [7, 11) is -3.09. The van der Waals surface area contributed by atoms with Gasteiger partial charge in [-0.1, -0.05) is 19.4 Å². The van der Waals surface area contributed by atoms with Gasteiger partial charge in [-0.2, -0.15) is 0 Å². The Hall–Kier alpha value is -0.390. The molecule has 0 radical (unpaired) electrons. The number of thiophene rings is 1. The Balaban J connectivity index is 2.12. The minimum Gasteiger partial charge on any atom is -0.314 e. The second-order valence-electron chi connectivity index (χ2n) is 4.52. The third-order valence-corrected chi connectivity index (χ3v) is 6.98. The van der Waals surface area contributed by atoms with Gasteiger partial charge in [0.25, 0.3) is 0 Å². The Bertz CT molecular complexity index is 437. The van der Waals surface area contributed by atoms with E-state index in [2.05, 4.69) is 12.2 Å². The molecular formula is C12H19NO2S2. The quantitative estimate of drug-likeness (QED) is 0.916. The largest absolute Gasteiger partial charge is 0.314 e. The molecule has 17 heavy (non-hydrogen) atoms. The third-order valence-electron chi connectivity index (χ3n) is 3.33. The van der Waals surface area contributed by atoms with Crippen molar-refractivity contribution in [1.29, 1.82) is 0 Å². The molecule has 3 nitrogen and oxygen atoms in total. The molecule has 1 fully saturated rings. The molecule has 2 atom stereocenters. The monoisotopic (exact) mass is 273 g/mol. The molecule has 0 spiro atoms. The van der Waals surface area contributed by atoms with Gasteiger partial charge in [-0.15, -0.1) is 11.3 Å². The summed E-state index contributed by atoms with van der Waals surface area (Å²) in [5.41, 5.74) is 0. The molecule has 96 valence electrons. The van der Waals surface area contributed by atoms with Crippen LogP contribution in [-0.4, -0.2) is 26.3 Å². The zero-order valence-corrected chi connectivity index (χ0v) is 11.7. The van der Waals surface area contributed by atoms with Crippen molar-refractivity contribution in [2.24, 2.45) is 0 Å².